The Balaban J connectivity index is 2.87. The number of hydrogen-bond donors (Lipinski definition) is 1. The first-order valence-electron chi connectivity index (χ1n) is 3.25. The van der Waals surface area contributed by atoms with Crippen molar-refractivity contribution in [3.63, 3.8) is 0 Å². The van der Waals surface area contributed by atoms with Crippen LogP contribution in [0.25, 0.3) is 10.1 Å². The fraction of sp³-hybridized carbons (Fsp3) is 0. The molecule has 12 heavy (non-hydrogen) atoms. The second-order valence-corrected chi connectivity index (χ2v) is 6.05. The van der Waals surface area contributed by atoms with Crippen molar-refractivity contribution >= 4 is 65.9 Å². The second kappa shape index (κ2) is 3.33. The van der Waals surface area contributed by atoms with Gasteiger partial charge < -0.3 is 0 Å². The molecular weight excluding hydrogens is 320 g/mol. The molecule has 0 N–H and O–H groups in total. The zero-order valence-electron chi connectivity index (χ0n) is 5.84. The van der Waals surface area contributed by atoms with Crippen molar-refractivity contribution < 1.29 is 0 Å². The molecule has 0 spiro atoms. The van der Waals surface area contributed by atoms with Crippen LogP contribution in [0.2, 0.25) is 0 Å². The maximum absolute atomic E-state index is 4.28. The lowest BCUT2D eigenvalue weighted by Gasteiger charge is -1.91. The normalized spacial score (nSPS) is 10.9. The number of halogens is 2. The molecule has 0 aliphatic rings. The summed E-state index contributed by atoms with van der Waals surface area (Å²) in [5.74, 6) is 0. The molecule has 4 heteroatoms. The first kappa shape index (κ1) is 9.06. The summed E-state index contributed by atoms with van der Waals surface area (Å²) in [6.45, 7) is 0. The van der Waals surface area contributed by atoms with E-state index in [1.807, 2.05) is 6.07 Å². The molecular formula is C8H4Br2S2. The summed E-state index contributed by atoms with van der Waals surface area (Å²) in [4.78, 5) is 1.00. The predicted octanol–water partition coefficient (Wildman–Crippen LogP) is 4.72. The van der Waals surface area contributed by atoms with Crippen LogP contribution in [0.15, 0.2) is 31.4 Å². The fourth-order valence-corrected chi connectivity index (χ4v) is 3.63. The summed E-state index contributed by atoms with van der Waals surface area (Å²) in [5.41, 5.74) is 0. The van der Waals surface area contributed by atoms with Gasteiger partial charge in [0.15, 0.2) is 0 Å². The number of rotatable bonds is 0. The minimum atomic E-state index is 1.00. The van der Waals surface area contributed by atoms with Crippen molar-refractivity contribution in [2.45, 2.75) is 4.90 Å². The van der Waals surface area contributed by atoms with E-state index in [4.69, 9.17) is 0 Å². The van der Waals surface area contributed by atoms with E-state index in [0.29, 0.717) is 0 Å². The van der Waals surface area contributed by atoms with Crippen LogP contribution in [0.1, 0.15) is 0 Å². The molecule has 0 bridgehead atoms. The molecule has 2 rings (SSSR count). The average Bonchev–Trinajstić information content (AvgIpc) is 2.28. The third-order valence-corrected chi connectivity index (χ3v) is 5.29. The average molecular weight is 324 g/mol. The van der Waals surface area contributed by atoms with E-state index >= 15 is 0 Å². The Bertz CT molecular complexity index is 434. The Morgan fingerprint density at radius 1 is 1.25 bits per heavy atom. The van der Waals surface area contributed by atoms with Gasteiger partial charge in [-0.1, -0.05) is 6.07 Å². The molecule has 1 aromatic carbocycles. The van der Waals surface area contributed by atoms with Crippen molar-refractivity contribution in [2.75, 3.05) is 0 Å². The number of thiophene rings is 1. The molecule has 0 saturated carbocycles. The summed E-state index contributed by atoms with van der Waals surface area (Å²) in [6.07, 6.45) is 0. The molecule has 0 aliphatic heterocycles. The Labute approximate surface area is 96.6 Å². The number of thiol groups is 1. The quantitative estimate of drug-likeness (QED) is 0.667. The molecule has 1 heterocycles. The second-order valence-electron chi connectivity index (χ2n) is 2.37. The van der Waals surface area contributed by atoms with Crippen LogP contribution in [0.4, 0.5) is 0 Å². The minimum absolute atomic E-state index is 1.00. The van der Waals surface area contributed by atoms with Gasteiger partial charge >= 0.3 is 0 Å². The molecule has 2 aromatic rings. The third kappa shape index (κ3) is 1.45. The van der Waals surface area contributed by atoms with Gasteiger partial charge in [-0.2, -0.15) is 0 Å². The van der Waals surface area contributed by atoms with Gasteiger partial charge in [0, 0.05) is 15.0 Å². The Hall–Kier alpha value is 0.490. The van der Waals surface area contributed by atoms with E-state index in [-0.39, 0.29) is 0 Å². The lowest BCUT2D eigenvalue weighted by atomic mass is 10.3. The summed E-state index contributed by atoms with van der Waals surface area (Å²) >= 11 is 13.0. The third-order valence-electron chi connectivity index (χ3n) is 1.57. The maximum Gasteiger partial charge on any atom is 0.0853 e. The van der Waals surface area contributed by atoms with Crippen LogP contribution in [0, 0.1) is 0 Å². The molecule has 0 amide bonds. The van der Waals surface area contributed by atoms with Crippen LogP contribution in [-0.4, -0.2) is 0 Å². The molecule has 0 radical (unpaired) electrons. The molecule has 0 atom stereocenters. The topological polar surface area (TPSA) is 0 Å². The summed E-state index contributed by atoms with van der Waals surface area (Å²) in [6, 6.07) is 6.14. The highest BCUT2D eigenvalue weighted by Gasteiger charge is 2.06. The van der Waals surface area contributed by atoms with Gasteiger partial charge in [0.2, 0.25) is 0 Å². The fourth-order valence-electron chi connectivity index (χ4n) is 1.02. The summed E-state index contributed by atoms with van der Waals surface area (Å²) in [5, 5.41) is 1.24. The number of benzene rings is 1. The maximum atomic E-state index is 4.28. The SMILES string of the molecule is Sc1ccc2c(Br)c(Br)sc2c1. The van der Waals surface area contributed by atoms with E-state index in [1.165, 1.54) is 10.1 Å². The van der Waals surface area contributed by atoms with Gasteiger partial charge in [-0.05, 0) is 44.0 Å². The molecule has 0 fully saturated rings. The van der Waals surface area contributed by atoms with Crippen LogP contribution in [0.3, 0.4) is 0 Å². The van der Waals surface area contributed by atoms with Crippen LogP contribution in [-0.2, 0) is 0 Å². The van der Waals surface area contributed by atoms with Gasteiger partial charge in [-0.15, -0.1) is 24.0 Å². The monoisotopic (exact) mass is 322 g/mol. The first-order chi connectivity index (χ1) is 5.68. The Morgan fingerprint density at radius 2 is 2.00 bits per heavy atom. The highest BCUT2D eigenvalue weighted by Crippen LogP contribution is 2.39. The van der Waals surface area contributed by atoms with E-state index in [2.05, 4.69) is 56.6 Å². The van der Waals surface area contributed by atoms with Crippen molar-refractivity contribution in [1.29, 1.82) is 0 Å². The van der Waals surface area contributed by atoms with Gasteiger partial charge in [-0.25, -0.2) is 0 Å². The van der Waals surface area contributed by atoms with Crippen LogP contribution >= 0.6 is 55.8 Å². The van der Waals surface area contributed by atoms with E-state index in [0.717, 1.165) is 13.2 Å². The van der Waals surface area contributed by atoms with Crippen molar-refractivity contribution in [1.82, 2.24) is 0 Å². The smallest absolute Gasteiger partial charge is 0.0853 e. The molecule has 62 valence electrons. The highest BCUT2D eigenvalue weighted by atomic mass is 79.9. The van der Waals surface area contributed by atoms with Gasteiger partial charge in [0.25, 0.3) is 0 Å². The Morgan fingerprint density at radius 3 is 2.75 bits per heavy atom. The van der Waals surface area contributed by atoms with E-state index < -0.39 is 0 Å². The van der Waals surface area contributed by atoms with Crippen LogP contribution < -0.4 is 0 Å². The van der Waals surface area contributed by atoms with Gasteiger partial charge in [0.1, 0.15) is 0 Å². The zero-order valence-corrected chi connectivity index (χ0v) is 10.7. The lowest BCUT2D eigenvalue weighted by molar-refractivity contribution is 1.54. The lowest BCUT2D eigenvalue weighted by Crippen LogP contribution is -1.65. The summed E-state index contributed by atoms with van der Waals surface area (Å²) < 4.78 is 3.52. The molecule has 0 aliphatic carbocycles. The first-order valence-corrected chi connectivity index (χ1v) is 6.10. The zero-order chi connectivity index (χ0) is 8.72. The summed E-state index contributed by atoms with van der Waals surface area (Å²) in [7, 11) is 0. The van der Waals surface area contributed by atoms with Gasteiger partial charge in [0.05, 0.1) is 8.26 Å². The largest absolute Gasteiger partial charge is 0.143 e. The van der Waals surface area contributed by atoms with E-state index in [9.17, 15) is 0 Å². The van der Waals surface area contributed by atoms with Crippen molar-refractivity contribution in [3.8, 4) is 0 Å². The molecule has 0 saturated heterocycles. The van der Waals surface area contributed by atoms with E-state index in [1.54, 1.807) is 11.3 Å². The highest BCUT2D eigenvalue weighted by molar-refractivity contribution is 9.13. The standard InChI is InChI=1S/C8H4Br2S2/c9-7-5-2-1-4(11)3-6(5)12-8(7)10/h1-3,11H. The van der Waals surface area contributed by atoms with Crippen molar-refractivity contribution in [2.24, 2.45) is 0 Å². The molecule has 0 unspecified atom stereocenters. The van der Waals surface area contributed by atoms with Crippen molar-refractivity contribution in [3.05, 3.63) is 26.5 Å². The molecule has 1 aromatic heterocycles. The molecule has 0 nitrogen and oxygen atoms in total. The number of fused-ring (bicyclic) bond motifs is 1. The number of hydrogen-bond acceptors (Lipinski definition) is 2. The minimum Gasteiger partial charge on any atom is -0.143 e. The van der Waals surface area contributed by atoms with Gasteiger partial charge in [-0.3, -0.25) is 0 Å². The Kier molecular flexibility index (Phi) is 2.51. The van der Waals surface area contributed by atoms with Crippen LogP contribution in [0.5, 0.6) is 0 Å². The predicted molar refractivity (Wildman–Crippen MR) is 64.5 cm³/mol.